The van der Waals surface area contributed by atoms with Crippen molar-refractivity contribution in [1.82, 2.24) is 0 Å². The molecule has 0 saturated carbocycles. The van der Waals surface area contributed by atoms with E-state index in [-0.39, 0.29) is 53.6 Å². The molecule has 0 aromatic heterocycles. The minimum atomic E-state index is -9.19. The van der Waals surface area contributed by atoms with Crippen LogP contribution < -0.4 is 44.8 Å². The van der Waals surface area contributed by atoms with Crippen molar-refractivity contribution < 1.29 is 91.8 Å². The minimum absolute atomic E-state index is 0. The van der Waals surface area contributed by atoms with Gasteiger partial charge in [-0.3, -0.25) is 4.79 Å². The summed E-state index contributed by atoms with van der Waals surface area (Å²) in [6.45, 7) is 8.50. The summed E-state index contributed by atoms with van der Waals surface area (Å²) in [5, 5.41) is 0. The van der Waals surface area contributed by atoms with Gasteiger partial charge in [0.1, 0.15) is 17.3 Å². The van der Waals surface area contributed by atoms with Crippen molar-refractivity contribution >= 4 is 89.3 Å². The number of carbonyl (C=O) groups excluding carboxylic acids is 1. The van der Waals surface area contributed by atoms with Crippen LogP contribution in [-0.2, 0) is 22.7 Å². The Hall–Kier alpha value is -2.01. The van der Waals surface area contributed by atoms with E-state index in [0.29, 0.717) is 5.78 Å². The van der Waals surface area contributed by atoms with E-state index in [2.05, 4.69) is 136 Å². The molecule has 0 spiro atoms. The molecule has 1 atom stereocenters. The van der Waals surface area contributed by atoms with E-state index in [9.17, 15) is 47.0 Å². The van der Waals surface area contributed by atoms with E-state index in [0.717, 1.165) is 42.4 Å². The number of benzene rings is 5. The van der Waals surface area contributed by atoms with Gasteiger partial charge in [0, 0.05) is 17.3 Å². The second-order valence-corrected chi connectivity index (χ2v) is 38.4. The number of Topliss-reactive ketones (excluding diaryl/α,β-unsaturated/α-hetero) is 1. The molecule has 27 heteroatoms. The summed E-state index contributed by atoms with van der Waals surface area (Å²) in [5.41, 5.74) is 0.870. The first kappa shape index (κ1) is 99.7. The summed E-state index contributed by atoms with van der Waals surface area (Å²) in [4.78, 5) is 14.8. The number of unbranched alkanes of at least 4 members (excludes halogenated alkanes) is 23. The Morgan fingerprint density at radius 2 is 0.645 bits per heavy atom. The van der Waals surface area contributed by atoms with Crippen LogP contribution in [0.15, 0.2) is 149 Å². The van der Waals surface area contributed by atoms with Gasteiger partial charge in [0.05, 0.1) is 19.5 Å². The number of carbonyl (C=O) groups is 1. The maximum atomic E-state index is 12.1. The van der Waals surface area contributed by atoms with Gasteiger partial charge in [-0.1, -0.05) is 236 Å². The number of ketones is 1. The van der Waals surface area contributed by atoms with Gasteiger partial charge in [-0.05, 0) is 109 Å². The topological polar surface area (TPSA) is 35.5 Å². The van der Waals surface area contributed by atoms with Crippen molar-refractivity contribution in [3.05, 3.63) is 152 Å². The van der Waals surface area contributed by atoms with Crippen LogP contribution >= 0.6 is 0 Å². The Morgan fingerprint density at radius 3 is 0.989 bits per heavy atom. The number of hydrogen-bond donors (Lipinski definition) is 0. The van der Waals surface area contributed by atoms with E-state index in [1.54, 1.807) is 0 Å². The Morgan fingerprint density at radius 1 is 0.376 bits per heavy atom. The van der Waals surface area contributed by atoms with Crippen molar-refractivity contribution in [3.63, 3.8) is 0 Å². The molecule has 0 heterocycles. The van der Waals surface area contributed by atoms with Gasteiger partial charge in [0.15, 0.2) is 22.7 Å². The van der Waals surface area contributed by atoms with Gasteiger partial charge in [-0.25, -0.2) is 0 Å². The fourth-order valence-corrected chi connectivity index (χ4v) is 12.7. The van der Waals surface area contributed by atoms with Crippen LogP contribution in [0.2, 0.25) is 0 Å². The summed E-state index contributed by atoms with van der Waals surface area (Å²) < 4.78 is 163. The average Bonchev–Trinajstić information content (AvgIpc) is 1.50. The standard InChI is InChI=1S/C22H30IO.C22H30OS.C21H35OS.CH4.18FH.3Sb/c1-2-3-4-5-6-7-8-12-19-24-22-17-15-21(16-18-22)23-20-13-10-9-11-14-20;1-2-3-4-5-6-7-8-12-19-23-20-15-17-22(18-16-20)24-21-13-10-9-11-14-21;1-3-4-5-6-7-8-9-10-11-15-18-23(2)19-21(22)20-16-13-12-14-17-20;;;;;;;;;;;;;;;;;;;;;;/h2*9-11,13-18H,2-8,12,19H2,1H3;12-14,16-17H,3-11,15,18-19H2,1-2H3;1H4;18*1H;;;/q+1;;+1;;;;;;;;;;;;;;;;;;;;3*+5/p-17. The maximum absolute atomic E-state index is 12.1. The number of ether oxygens (including phenoxy) is 2. The molecule has 0 saturated heterocycles. The third kappa shape index (κ3) is 82.3. The Labute approximate surface area is 575 Å². The van der Waals surface area contributed by atoms with Crippen LogP contribution in [0.5, 0.6) is 11.5 Å². The van der Waals surface area contributed by atoms with Gasteiger partial charge in [-0.2, -0.15) is 0 Å². The van der Waals surface area contributed by atoms with Gasteiger partial charge >= 0.3 is 124 Å². The molecule has 0 fully saturated rings. The molecule has 0 N–H and O–H groups in total. The van der Waals surface area contributed by atoms with Crippen LogP contribution in [0.25, 0.3) is 0 Å². The predicted octanol–water partition coefficient (Wildman–Crippen LogP) is 12.6. The first-order valence-corrected chi connectivity index (χ1v) is 50.1. The normalized spacial score (nSPS) is 12.3. The van der Waals surface area contributed by atoms with Crippen molar-refractivity contribution in [2.75, 3.05) is 31.0 Å². The molecule has 93 heavy (non-hydrogen) atoms. The van der Waals surface area contributed by atoms with Crippen LogP contribution in [-0.4, -0.2) is 97.7 Å². The molecule has 5 aromatic carbocycles. The first-order chi connectivity index (χ1) is 41.7. The third-order valence-corrected chi connectivity index (χ3v) is 18.0. The molecular formula is C66H100F18IO3S2Sb3. The quantitative estimate of drug-likeness (QED) is 0.00751. The van der Waals surface area contributed by atoms with Crippen molar-refractivity contribution in [3.8, 4) is 11.5 Å². The predicted molar refractivity (Wildman–Crippen MR) is 351 cm³/mol. The Balaban J connectivity index is -0.000000360. The summed E-state index contributed by atoms with van der Waals surface area (Å²) in [6, 6.07) is 48.3. The monoisotopic (exact) mass is 1840 g/mol. The number of hydrogen-bond acceptors (Lipinski definition) is 3. The molecule has 5 aromatic rings. The molecular weight excluding hydrogens is 1740 g/mol. The molecule has 0 bridgehead atoms. The fourth-order valence-electron chi connectivity index (χ4n) is 8.16. The molecule has 0 amide bonds. The molecule has 1 unspecified atom stereocenters. The second kappa shape index (κ2) is 56.8. The van der Waals surface area contributed by atoms with E-state index >= 15 is 0 Å². The zero-order valence-electron chi connectivity index (χ0n) is 53.1. The van der Waals surface area contributed by atoms with Gasteiger partial charge < -0.3 is 23.6 Å². The summed E-state index contributed by atoms with van der Waals surface area (Å²) in [6.07, 6.45) is 37.5. The summed E-state index contributed by atoms with van der Waals surface area (Å²) in [7, 11) is 0.237. The van der Waals surface area contributed by atoms with E-state index in [4.69, 9.17) is 9.47 Å². The Bertz CT molecular complexity index is 2280. The van der Waals surface area contributed by atoms with Gasteiger partial charge in [0.25, 0.3) is 0 Å². The van der Waals surface area contributed by atoms with Gasteiger partial charge in [0.2, 0.25) is 5.78 Å². The second-order valence-electron chi connectivity index (χ2n) is 20.9. The number of rotatable bonds is 38. The summed E-state index contributed by atoms with van der Waals surface area (Å²) in [5.74, 6) is 4.25. The van der Waals surface area contributed by atoms with E-state index in [1.807, 2.05) is 30.3 Å². The zero-order valence-corrected chi connectivity index (χ0v) is 64.6. The molecule has 542 valence electrons. The molecule has 5 rings (SSSR count). The molecule has 0 radical (unpaired) electrons. The molecule has 0 aliphatic heterocycles. The molecule has 0 aliphatic rings. The number of thiol groups is 1. The number of halogens is 19. The first-order valence-electron chi connectivity index (χ1n) is 30.6. The van der Waals surface area contributed by atoms with Crippen LogP contribution in [0.1, 0.15) is 205 Å². The zero-order chi connectivity index (χ0) is 66.8. The third-order valence-electron chi connectivity index (χ3n) is 12.5. The molecule has 3 nitrogen and oxygen atoms in total. The summed E-state index contributed by atoms with van der Waals surface area (Å²) >= 11 is -26.4. The van der Waals surface area contributed by atoms with Gasteiger partial charge in [-0.15, -0.1) is 0 Å². The molecule has 0 aliphatic carbocycles. The van der Waals surface area contributed by atoms with Crippen molar-refractivity contribution in [2.45, 2.75) is 205 Å². The Kier molecular flexibility index (Phi) is 60.9. The van der Waals surface area contributed by atoms with Crippen molar-refractivity contribution in [2.24, 2.45) is 0 Å². The average molecular weight is 1840 g/mol. The van der Waals surface area contributed by atoms with Crippen molar-refractivity contribution in [1.29, 1.82) is 0 Å². The van der Waals surface area contributed by atoms with Crippen LogP contribution in [0.4, 0.5) is 42.2 Å². The van der Waals surface area contributed by atoms with Crippen LogP contribution in [0, 0.1) is 7.14 Å². The van der Waals surface area contributed by atoms with E-state index in [1.165, 1.54) is 195 Å². The fraction of sp³-hybridized carbons (Fsp3) is 0.530. The van der Waals surface area contributed by atoms with Crippen LogP contribution in [0.3, 0.4) is 0 Å². The SMILES string of the molecule is C.CCCCCCCCCCCC[S+](C)CC(=O)c1ccccc1.CCCCCCCCCCOc1ccc([I+]c2ccccc2)cc1.CCCCCCCCCCOc1ccc([SH+]c2ccccc2)cc1.[F-].[F-].[F-].[F][Sb]([F])([F])([F])[F].[F][Sb]([F])([F])([F])[F].[F][Sb]([F])([F])([F])[F]. The van der Waals surface area contributed by atoms with E-state index < -0.39 is 60.9 Å².